The molecule has 0 spiro atoms. The summed E-state index contributed by atoms with van der Waals surface area (Å²) in [6.45, 7) is 3.25. The van der Waals surface area contributed by atoms with Gasteiger partial charge in [-0.2, -0.15) is 5.26 Å². The van der Waals surface area contributed by atoms with E-state index in [0.717, 1.165) is 24.0 Å². The monoisotopic (exact) mass is 541 g/mol. The highest BCUT2D eigenvalue weighted by molar-refractivity contribution is 6.35. The summed E-state index contributed by atoms with van der Waals surface area (Å²) < 4.78 is 14.8. The lowest BCUT2D eigenvalue weighted by Crippen LogP contribution is -2.42. The zero-order chi connectivity index (χ0) is 26.3. The molecule has 0 unspecified atom stereocenters. The van der Waals surface area contributed by atoms with E-state index in [4.69, 9.17) is 23.2 Å². The Hall–Kier alpha value is -3.12. The largest absolute Gasteiger partial charge is 0.374 e. The van der Waals surface area contributed by atoms with Crippen LogP contribution >= 0.6 is 23.2 Å². The molecule has 1 atom stereocenters. The van der Waals surface area contributed by atoms with Crippen LogP contribution in [0.1, 0.15) is 42.6 Å². The smallest absolute Gasteiger partial charge is 0.256 e. The number of rotatable bonds is 7. The molecule has 0 bridgehead atoms. The van der Waals surface area contributed by atoms with E-state index < -0.39 is 11.4 Å². The quantitative estimate of drug-likeness (QED) is 0.394. The average Bonchev–Trinajstić information content (AvgIpc) is 3.63. The van der Waals surface area contributed by atoms with Gasteiger partial charge in [-0.1, -0.05) is 23.2 Å². The van der Waals surface area contributed by atoms with Crippen molar-refractivity contribution in [3.63, 3.8) is 0 Å². The molecule has 0 radical (unpaired) electrons. The second kappa shape index (κ2) is 9.97. The predicted octanol–water partition coefficient (Wildman–Crippen LogP) is 4.93. The Morgan fingerprint density at radius 2 is 2.05 bits per heavy atom. The number of hydrogen-bond acceptors (Lipinski definition) is 5. The molecule has 2 aliphatic rings. The third-order valence-corrected chi connectivity index (χ3v) is 7.83. The maximum Gasteiger partial charge on any atom is 0.256 e. The summed E-state index contributed by atoms with van der Waals surface area (Å²) in [5.74, 6) is -0.804. The third-order valence-electron chi connectivity index (χ3n) is 7.29. The highest BCUT2D eigenvalue weighted by Gasteiger charge is 2.42. The number of nitrogens with zero attached hydrogens (tertiary/aromatic N) is 2. The first kappa shape index (κ1) is 25.5. The molecule has 2 aromatic carbocycles. The Morgan fingerprint density at radius 3 is 2.78 bits per heavy atom. The van der Waals surface area contributed by atoms with Gasteiger partial charge < -0.3 is 20.5 Å². The molecule has 37 heavy (non-hydrogen) atoms. The molecule has 1 aromatic heterocycles. The first-order chi connectivity index (χ1) is 17.7. The maximum atomic E-state index is 14.8. The van der Waals surface area contributed by atoms with Crippen LogP contribution in [0.25, 0.3) is 10.8 Å². The van der Waals surface area contributed by atoms with Crippen molar-refractivity contribution in [2.75, 3.05) is 25.0 Å². The van der Waals surface area contributed by atoms with Crippen LogP contribution in [0.5, 0.6) is 0 Å². The van der Waals surface area contributed by atoms with E-state index in [-0.39, 0.29) is 35.0 Å². The summed E-state index contributed by atoms with van der Waals surface area (Å²) >= 11 is 12.5. The minimum absolute atomic E-state index is 0.110. The number of fused-ring (bicyclic) bond motifs is 2. The number of carbonyl (C=O) groups is 1. The van der Waals surface area contributed by atoms with Crippen LogP contribution in [0, 0.1) is 22.6 Å². The molecule has 3 aromatic rings. The van der Waals surface area contributed by atoms with E-state index in [1.54, 1.807) is 23.1 Å². The number of carbonyl (C=O) groups excluding carboxylic acids is 1. The molecule has 0 saturated heterocycles. The lowest BCUT2D eigenvalue weighted by atomic mass is 9.93. The highest BCUT2D eigenvalue weighted by atomic mass is 35.5. The molecule has 3 N–H and O–H groups in total. The predicted molar refractivity (Wildman–Crippen MR) is 142 cm³/mol. The lowest BCUT2D eigenvalue weighted by molar-refractivity contribution is -0.131. The maximum absolute atomic E-state index is 14.8. The lowest BCUT2D eigenvalue weighted by Gasteiger charge is -2.36. The number of nitrogens with one attached hydrogen (secondary N) is 3. The SMILES string of the molecule is C[C@H]1c2c(Cl)cc(Cl)cc2CCN1C(=O)CNc1cc2cc(CNCC3(C#N)CC3)[nH]c(=O)c2cc1F. The molecular formula is C27H26Cl2FN5O2. The van der Waals surface area contributed by atoms with Crippen molar-refractivity contribution < 1.29 is 9.18 Å². The van der Waals surface area contributed by atoms with Gasteiger partial charge in [0.2, 0.25) is 5.91 Å². The Morgan fingerprint density at radius 1 is 1.27 bits per heavy atom. The molecule has 2 heterocycles. The zero-order valence-corrected chi connectivity index (χ0v) is 21.8. The minimum atomic E-state index is -0.615. The molecule has 7 nitrogen and oxygen atoms in total. The summed E-state index contributed by atoms with van der Waals surface area (Å²) in [6, 6.07) is 10.1. The highest BCUT2D eigenvalue weighted by Crippen LogP contribution is 2.44. The number of H-pyrrole nitrogens is 1. The number of nitriles is 1. The fraction of sp³-hybridized carbons (Fsp3) is 0.370. The molecule has 1 aliphatic heterocycles. The number of aromatic nitrogens is 1. The van der Waals surface area contributed by atoms with E-state index in [2.05, 4.69) is 21.7 Å². The Balaban J connectivity index is 1.29. The molecule has 1 saturated carbocycles. The van der Waals surface area contributed by atoms with Crippen LogP contribution in [-0.4, -0.2) is 35.4 Å². The van der Waals surface area contributed by atoms with Crippen molar-refractivity contribution >= 4 is 45.6 Å². The standard InChI is InChI=1S/C27H26Cl2FN5O2/c1-15-25-16(6-18(28)9-21(25)29)2-5-35(15)24(36)12-33-23-8-17-7-19(11-32-14-27(13-31)3-4-27)34-26(37)20(17)10-22(23)30/h6-10,15,32-33H,2-5,11-12,14H2,1H3,(H,34,37)/t15-/m0/s1. The molecule has 5 rings (SSSR count). The van der Waals surface area contributed by atoms with E-state index in [9.17, 15) is 19.2 Å². The van der Waals surface area contributed by atoms with Crippen LogP contribution in [0.3, 0.4) is 0 Å². The second-order valence-electron chi connectivity index (χ2n) is 9.87. The summed E-state index contributed by atoms with van der Waals surface area (Å²) in [6.07, 6.45) is 2.38. The molecule has 192 valence electrons. The normalized spacial score (nSPS) is 17.8. The van der Waals surface area contributed by atoms with Gasteiger partial charge >= 0.3 is 0 Å². The Kier molecular flexibility index (Phi) is 6.88. The zero-order valence-electron chi connectivity index (χ0n) is 20.3. The van der Waals surface area contributed by atoms with Gasteiger partial charge in [0.1, 0.15) is 5.82 Å². The number of aromatic amines is 1. The number of benzene rings is 2. The van der Waals surface area contributed by atoms with E-state index in [1.165, 1.54) is 6.07 Å². The van der Waals surface area contributed by atoms with Crippen LogP contribution in [0.4, 0.5) is 10.1 Å². The number of halogens is 3. The third kappa shape index (κ3) is 5.17. The summed E-state index contributed by atoms with van der Waals surface area (Å²) in [5, 5.41) is 17.2. The van der Waals surface area contributed by atoms with Gasteiger partial charge in [0, 0.05) is 35.4 Å². The number of hydrogen-bond donors (Lipinski definition) is 3. The van der Waals surface area contributed by atoms with Crippen molar-refractivity contribution in [3.05, 3.63) is 73.4 Å². The fourth-order valence-corrected chi connectivity index (χ4v) is 5.70. The van der Waals surface area contributed by atoms with Crippen molar-refractivity contribution in [1.82, 2.24) is 15.2 Å². The molecule has 1 amide bonds. The van der Waals surface area contributed by atoms with E-state index in [1.807, 2.05) is 13.0 Å². The van der Waals surface area contributed by atoms with Gasteiger partial charge in [0.15, 0.2) is 0 Å². The van der Waals surface area contributed by atoms with Gasteiger partial charge in [-0.3, -0.25) is 9.59 Å². The average molecular weight is 542 g/mol. The van der Waals surface area contributed by atoms with Crippen molar-refractivity contribution in [2.24, 2.45) is 5.41 Å². The van der Waals surface area contributed by atoms with Crippen LogP contribution in [-0.2, 0) is 17.8 Å². The topological polar surface area (TPSA) is 101 Å². The summed E-state index contributed by atoms with van der Waals surface area (Å²) in [7, 11) is 0. The Bertz CT molecular complexity index is 1490. The van der Waals surface area contributed by atoms with Crippen LogP contribution in [0.2, 0.25) is 10.0 Å². The van der Waals surface area contributed by atoms with E-state index >= 15 is 0 Å². The molecule has 1 fully saturated rings. The summed E-state index contributed by atoms with van der Waals surface area (Å²) in [5.41, 5.74) is 1.99. The first-order valence-electron chi connectivity index (χ1n) is 12.2. The summed E-state index contributed by atoms with van der Waals surface area (Å²) in [4.78, 5) is 30.1. The first-order valence-corrected chi connectivity index (χ1v) is 12.9. The van der Waals surface area contributed by atoms with Crippen molar-refractivity contribution in [2.45, 2.75) is 38.8 Å². The van der Waals surface area contributed by atoms with Gasteiger partial charge in [-0.15, -0.1) is 0 Å². The number of amides is 1. The Labute approximate surface area is 223 Å². The minimum Gasteiger partial charge on any atom is -0.374 e. The second-order valence-corrected chi connectivity index (χ2v) is 10.7. The van der Waals surface area contributed by atoms with Gasteiger partial charge in [0.05, 0.1) is 35.1 Å². The van der Waals surface area contributed by atoms with Crippen molar-refractivity contribution in [1.29, 1.82) is 5.26 Å². The number of anilines is 1. The molecular weight excluding hydrogens is 516 g/mol. The van der Waals surface area contributed by atoms with Gasteiger partial charge in [-0.25, -0.2) is 4.39 Å². The molecule has 10 heteroatoms. The van der Waals surface area contributed by atoms with Gasteiger partial charge in [0.25, 0.3) is 5.56 Å². The van der Waals surface area contributed by atoms with Crippen molar-refractivity contribution in [3.8, 4) is 6.07 Å². The number of pyridine rings is 1. The molecule has 1 aliphatic carbocycles. The van der Waals surface area contributed by atoms with Crippen LogP contribution < -0.4 is 16.2 Å². The van der Waals surface area contributed by atoms with E-state index in [0.29, 0.717) is 47.2 Å². The van der Waals surface area contributed by atoms with Crippen LogP contribution in [0.15, 0.2) is 35.1 Å². The fourth-order valence-electron chi connectivity index (χ4n) is 5.01. The van der Waals surface area contributed by atoms with Gasteiger partial charge in [-0.05, 0) is 73.0 Å².